The number of rotatable bonds is 2. The van der Waals surface area contributed by atoms with Crippen molar-refractivity contribution in [2.24, 2.45) is 7.05 Å². The second kappa shape index (κ2) is 6.06. The molecule has 4 aromatic rings. The Bertz CT molecular complexity index is 1130. The largest absolute Gasteiger partial charge is 0.430 e. The summed E-state index contributed by atoms with van der Waals surface area (Å²) in [5, 5.41) is 0. The molecule has 4 rings (SSSR count). The molecule has 0 saturated heterocycles. The van der Waals surface area contributed by atoms with Crippen molar-refractivity contribution < 1.29 is 13.4 Å². The maximum Gasteiger partial charge on any atom is 0.227 e. The van der Waals surface area contributed by atoms with Crippen LogP contribution in [0.2, 0.25) is 0 Å². The summed E-state index contributed by atoms with van der Waals surface area (Å²) in [6.07, 6.45) is 1.95. The zero-order valence-electron chi connectivity index (χ0n) is 15.3. The average Bonchev–Trinajstić information content (AvgIpc) is 3.01. The highest BCUT2D eigenvalue weighted by molar-refractivity contribution is 5.79. The number of halogens is 1. The number of benzene rings is 2. The number of aromatic nitrogens is 2. The van der Waals surface area contributed by atoms with E-state index in [1.54, 1.807) is 12.1 Å². The number of pyridine rings is 1. The van der Waals surface area contributed by atoms with Crippen molar-refractivity contribution in [3.05, 3.63) is 71.2 Å². The third-order valence-electron chi connectivity index (χ3n) is 4.82. The first kappa shape index (κ1) is 16.5. The first-order chi connectivity index (χ1) is 12.4. The molecule has 26 heavy (non-hydrogen) atoms. The number of nitrogens with zero attached hydrogens (tertiary/aromatic N) is 2. The van der Waals surface area contributed by atoms with E-state index in [9.17, 15) is 4.39 Å². The molecule has 0 atom stereocenters. The second-order valence-corrected chi connectivity index (χ2v) is 6.80. The Balaban J connectivity index is 1.88. The Labute approximate surface area is 151 Å². The molecule has 0 aliphatic heterocycles. The predicted octanol–water partition coefficient (Wildman–Crippen LogP) is 5.05. The minimum atomic E-state index is -0.274. The Morgan fingerprint density at radius 1 is 1.00 bits per heavy atom. The van der Waals surface area contributed by atoms with Crippen LogP contribution in [0.3, 0.4) is 0 Å². The molecule has 3 nitrogen and oxygen atoms in total. The van der Waals surface area contributed by atoms with Crippen LogP contribution in [-0.4, -0.2) is 4.98 Å². The van der Waals surface area contributed by atoms with E-state index in [0.29, 0.717) is 11.5 Å². The third-order valence-corrected chi connectivity index (χ3v) is 4.82. The maximum atomic E-state index is 13.1. The molecular weight excluding hydrogens is 327 g/mol. The van der Waals surface area contributed by atoms with Crippen molar-refractivity contribution in [3.8, 4) is 22.7 Å². The zero-order valence-corrected chi connectivity index (χ0v) is 15.3. The summed E-state index contributed by atoms with van der Waals surface area (Å²) in [6, 6.07) is 12.6. The smallest absolute Gasteiger partial charge is 0.227 e. The lowest BCUT2D eigenvalue weighted by Crippen LogP contribution is -2.30. The van der Waals surface area contributed by atoms with Gasteiger partial charge in [0.1, 0.15) is 18.4 Å². The van der Waals surface area contributed by atoms with Gasteiger partial charge in [0.25, 0.3) is 0 Å². The fourth-order valence-corrected chi connectivity index (χ4v) is 3.31. The molecule has 0 aliphatic carbocycles. The molecule has 0 spiro atoms. The normalized spacial score (nSPS) is 11.3. The van der Waals surface area contributed by atoms with Gasteiger partial charge in [0.15, 0.2) is 0 Å². The summed E-state index contributed by atoms with van der Waals surface area (Å²) in [5.74, 6) is 0.220. The molecule has 2 heterocycles. The third kappa shape index (κ3) is 2.77. The first-order valence-corrected chi connectivity index (χ1v) is 8.57. The van der Waals surface area contributed by atoms with Crippen molar-refractivity contribution in [2.45, 2.75) is 20.8 Å². The Hall–Kier alpha value is -3.01. The van der Waals surface area contributed by atoms with Crippen LogP contribution in [0, 0.1) is 26.6 Å². The van der Waals surface area contributed by atoms with Gasteiger partial charge in [0, 0.05) is 17.2 Å². The van der Waals surface area contributed by atoms with Gasteiger partial charge in [0.05, 0.1) is 0 Å². The van der Waals surface area contributed by atoms with Gasteiger partial charge in [-0.25, -0.2) is 9.37 Å². The minimum absolute atomic E-state index is 0.274. The van der Waals surface area contributed by atoms with Crippen molar-refractivity contribution in [1.29, 1.82) is 0 Å². The molecule has 0 radical (unpaired) electrons. The molecule has 0 amide bonds. The monoisotopic (exact) mass is 347 g/mol. The van der Waals surface area contributed by atoms with Crippen LogP contribution in [0.4, 0.5) is 4.39 Å². The van der Waals surface area contributed by atoms with Gasteiger partial charge in [-0.2, -0.15) is 4.57 Å². The summed E-state index contributed by atoms with van der Waals surface area (Å²) in [4.78, 5) is 4.61. The first-order valence-electron chi connectivity index (χ1n) is 8.57. The van der Waals surface area contributed by atoms with Gasteiger partial charge in [-0.1, -0.05) is 11.6 Å². The van der Waals surface area contributed by atoms with Crippen LogP contribution in [0.15, 0.2) is 53.1 Å². The molecule has 0 N–H and O–H groups in total. The summed E-state index contributed by atoms with van der Waals surface area (Å²) >= 11 is 0. The van der Waals surface area contributed by atoms with E-state index in [-0.39, 0.29) is 5.82 Å². The molecule has 130 valence electrons. The number of oxazole rings is 1. The maximum absolute atomic E-state index is 13.1. The molecule has 0 bridgehead atoms. The second-order valence-electron chi connectivity index (χ2n) is 6.80. The van der Waals surface area contributed by atoms with Crippen LogP contribution in [0.5, 0.6) is 0 Å². The number of hydrogen-bond donors (Lipinski definition) is 0. The number of aryl methyl sites for hydroxylation is 3. The van der Waals surface area contributed by atoms with Crippen molar-refractivity contribution in [3.63, 3.8) is 0 Å². The molecule has 2 aromatic heterocycles. The molecule has 2 aromatic carbocycles. The van der Waals surface area contributed by atoms with E-state index >= 15 is 0 Å². The summed E-state index contributed by atoms with van der Waals surface area (Å²) in [5.41, 5.74) is 8.29. The summed E-state index contributed by atoms with van der Waals surface area (Å²) < 4.78 is 21.1. The fraction of sp³-hybridized carbons (Fsp3) is 0.182. The van der Waals surface area contributed by atoms with Gasteiger partial charge in [-0.3, -0.25) is 0 Å². The molecule has 0 unspecified atom stereocenters. The van der Waals surface area contributed by atoms with Crippen LogP contribution < -0.4 is 4.57 Å². The van der Waals surface area contributed by atoms with Gasteiger partial charge in [-0.05, 0) is 62.2 Å². The van der Waals surface area contributed by atoms with E-state index in [4.69, 9.17) is 4.42 Å². The fourth-order valence-electron chi connectivity index (χ4n) is 3.31. The summed E-state index contributed by atoms with van der Waals surface area (Å²) in [6.45, 7) is 6.38. The lowest BCUT2D eigenvalue weighted by Gasteiger charge is -2.08. The molecule has 0 saturated carbocycles. The lowest BCUT2D eigenvalue weighted by molar-refractivity contribution is -0.659. The highest BCUT2D eigenvalue weighted by atomic mass is 19.1. The van der Waals surface area contributed by atoms with Crippen molar-refractivity contribution >= 4 is 11.1 Å². The molecule has 0 aliphatic rings. The van der Waals surface area contributed by atoms with Crippen LogP contribution in [0.1, 0.15) is 16.7 Å². The molecular formula is C22H20FN2O+. The minimum Gasteiger partial charge on any atom is -0.430 e. The van der Waals surface area contributed by atoms with Crippen LogP contribution >= 0.6 is 0 Å². The topological polar surface area (TPSA) is 29.9 Å². The van der Waals surface area contributed by atoms with Gasteiger partial charge in [0.2, 0.25) is 23.4 Å². The highest BCUT2D eigenvalue weighted by Gasteiger charge is 2.19. The predicted molar refractivity (Wildman–Crippen MR) is 100 cm³/mol. The van der Waals surface area contributed by atoms with Crippen molar-refractivity contribution in [1.82, 2.24) is 4.98 Å². The van der Waals surface area contributed by atoms with E-state index < -0.39 is 0 Å². The highest BCUT2D eigenvalue weighted by Crippen LogP contribution is 2.29. The Morgan fingerprint density at radius 2 is 1.73 bits per heavy atom. The van der Waals surface area contributed by atoms with E-state index in [2.05, 4.69) is 42.5 Å². The quantitative estimate of drug-likeness (QED) is 0.475. The molecule has 0 fully saturated rings. The SMILES string of the molecule is Cc1cc(C)c(C)c(-c2cc3nc(-c4ccc(F)cc4)oc3c[n+]2C)c1. The van der Waals surface area contributed by atoms with Gasteiger partial charge >= 0.3 is 0 Å². The van der Waals surface area contributed by atoms with Crippen molar-refractivity contribution in [2.75, 3.05) is 0 Å². The molecule has 4 heteroatoms. The van der Waals surface area contributed by atoms with Crippen LogP contribution in [-0.2, 0) is 7.05 Å². The standard InChI is InChI=1S/C22H20FN2O/c1-13-9-14(2)15(3)18(10-13)20-11-19-21(12-25(20)4)26-22(24-19)16-5-7-17(23)8-6-16/h5-12H,1-4H3/q+1. The zero-order chi connectivity index (χ0) is 18.4. The van der Waals surface area contributed by atoms with E-state index in [1.165, 1.54) is 34.4 Å². The lowest BCUT2D eigenvalue weighted by atomic mass is 9.97. The van der Waals surface area contributed by atoms with Crippen LogP contribution in [0.25, 0.3) is 33.8 Å². The average molecular weight is 347 g/mol. The van der Waals surface area contributed by atoms with Gasteiger partial charge < -0.3 is 4.42 Å². The number of hydrogen-bond acceptors (Lipinski definition) is 2. The Kier molecular flexibility index (Phi) is 3.83. The summed E-state index contributed by atoms with van der Waals surface area (Å²) in [7, 11) is 2.01. The Morgan fingerprint density at radius 3 is 2.46 bits per heavy atom. The van der Waals surface area contributed by atoms with Gasteiger partial charge in [-0.15, -0.1) is 0 Å². The van der Waals surface area contributed by atoms with E-state index in [0.717, 1.165) is 16.8 Å². The van der Waals surface area contributed by atoms with E-state index in [1.807, 2.05) is 19.3 Å². The number of fused-ring (bicyclic) bond motifs is 1.